The van der Waals surface area contributed by atoms with Crippen LogP contribution >= 0.6 is 0 Å². The number of nitrogens with zero attached hydrogens (tertiary/aromatic N) is 4. The highest BCUT2D eigenvalue weighted by Crippen LogP contribution is 2.22. The average Bonchev–Trinajstić information content (AvgIpc) is 2.68. The molecule has 1 aromatic heterocycles. The summed E-state index contributed by atoms with van der Waals surface area (Å²) in [5.41, 5.74) is 5.57. The zero-order chi connectivity index (χ0) is 15.1. The van der Waals surface area contributed by atoms with Gasteiger partial charge in [0.1, 0.15) is 4.90 Å². The summed E-state index contributed by atoms with van der Waals surface area (Å²) in [6, 6.07) is 0. The minimum atomic E-state index is -3.79. The predicted molar refractivity (Wildman–Crippen MR) is 71.1 cm³/mol. The number of hydrogen-bond donors (Lipinski definition) is 2. The lowest BCUT2D eigenvalue weighted by Crippen LogP contribution is -2.52. The lowest BCUT2D eigenvalue weighted by atomic mass is 10.4. The fourth-order valence-electron chi connectivity index (χ4n) is 1.99. The zero-order valence-electron chi connectivity index (χ0n) is 10.8. The highest BCUT2D eigenvalue weighted by molar-refractivity contribution is 7.89. The van der Waals surface area contributed by atoms with E-state index in [4.69, 9.17) is 10.9 Å². The number of nitrogens with two attached hydrogens (primary N) is 2. The SMILES string of the molecule is Cn1cc(S(=O)(=O)N2CCN(S(N)(=O)=O)CC2)c(N)n1. The van der Waals surface area contributed by atoms with Crippen molar-refractivity contribution in [3.05, 3.63) is 6.20 Å². The van der Waals surface area contributed by atoms with E-state index in [0.29, 0.717) is 0 Å². The molecule has 0 aromatic carbocycles. The van der Waals surface area contributed by atoms with Crippen molar-refractivity contribution in [2.45, 2.75) is 4.90 Å². The molecule has 4 N–H and O–H groups in total. The van der Waals surface area contributed by atoms with Crippen LogP contribution < -0.4 is 10.9 Å². The van der Waals surface area contributed by atoms with Gasteiger partial charge in [-0.15, -0.1) is 0 Å². The maximum atomic E-state index is 12.4. The molecule has 1 saturated heterocycles. The molecule has 2 heterocycles. The van der Waals surface area contributed by atoms with Crippen molar-refractivity contribution < 1.29 is 16.8 Å². The van der Waals surface area contributed by atoms with Gasteiger partial charge in [-0.05, 0) is 0 Å². The minimum absolute atomic E-state index is 0.0121. The van der Waals surface area contributed by atoms with Crippen LogP contribution in [0.4, 0.5) is 5.82 Å². The van der Waals surface area contributed by atoms with E-state index in [9.17, 15) is 16.8 Å². The summed E-state index contributed by atoms with van der Waals surface area (Å²) in [6.07, 6.45) is 1.32. The lowest BCUT2D eigenvalue weighted by molar-refractivity contribution is 0.273. The summed E-state index contributed by atoms with van der Waals surface area (Å²) in [5.74, 6) is -0.0821. The van der Waals surface area contributed by atoms with E-state index in [2.05, 4.69) is 5.10 Å². The Kier molecular flexibility index (Phi) is 3.77. The van der Waals surface area contributed by atoms with Gasteiger partial charge in [-0.3, -0.25) is 4.68 Å². The van der Waals surface area contributed by atoms with Crippen LogP contribution in [0.2, 0.25) is 0 Å². The smallest absolute Gasteiger partial charge is 0.276 e. The molecule has 0 aliphatic carbocycles. The van der Waals surface area contributed by atoms with Gasteiger partial charge in [-0.2, -0.15) is 22.1 Å². The van der Waals surface area contributed by atoms with Crippen LogP contribution in [-0.2, 0) is 27.3 Å². The Labute approximate surface area is 117 Å². The van der Waals surface area contributed by atoms with Crippen molar-refractivity contribution in [3.8, 4) is 0 Å². The molecule has 12 heteroatoms. The second kappa shape index (κ2) is 4.96. The Balaban J connectivity index is 2.20. The van der Waals surface area contributed by atoms with E-state index in [1.807, 2.05) is 0 Å². The van der Waals surface area contributed by atoms with E-state index < -0.39 is 20.2 Å². The molecule has 0 radical (unpaired) electrons. The molecule has 1 aliphatic rings. The minimum Gasteiger partial charge on any atom is -0.381 e. The monoisotopic (exact) mass is 324 g/mol. The molecular weight excluding hydrogens is 308 g/mol. The molecular formula is C8H16N6O4S2. The predicted octanol–water partition coefficient (Wildman–Crippen LogP) is -2.49. The number of aromatic nitrogens is 2. The molecule has 0 bridgehead atoms. The molecule has 0 unspecified atom stereocenters. The van der Waals surface area contributed by atoms with E-state index in [-0.39, 0.29) is 36.9 Å². The fourth-order valence-corrected chi connectivity index (χ4v) is 4.17. The van der Waals surface area contributed by atoms with Gasteiger partial charge in [0.05, 0.1) is 0 Å². The fraction of sp³-hybridized carbons (Fsp3) is 0.625. The van der Waals surface area contributed by atoms with Crippen molar-refractivity contribution in [2.24, 2.45) is 12.2 Å². The number of aryl methyl sites for hydroxylation is 1. The van der Waals surface area contributed by atoms with E-state index in [1.165, 1.54) is 15.2 Å². The maximum absolute atomic E-state index is 12.4. The van der Waals surface area contributed by atoms with Crippen LogP contribution in [0.15, 0.2) is 11.1 Å². The zero-order valence-corrected chi connectivity index (χ0v) is 12.4. The first-order valence-electron chi connectivity index (χ1n) is 5.69. The summed E-state index contributed by atoms with van der Waals surface area (Å²) in [7, 11) is -6.01. The third-order valence-electron chi connectivity index (χ3n) is 3.00. The van der Waals surface area contributed by atoms with Gasteiger partial charge in [0.15, 0.2) is 5.82 Å². The lowest BCUT2D eigenvalue weighted by Gasteiger charge is -2.31. The highest BCUT2D eigenvalue weighted by atomic mass is 32.2. The van der Waals surface area contributed by atoms with Gasteiger partial charge in [-0.1, -0.05) is 0 Å². The standard InChI is InChI=1S/C8H16N6O4S2/c1-12-6-7(8(9)11-12)19(15,16)13-2-4-14(5-3-13)20(10,17)18/h6H,2-5H2,1H3,(H2,9,11)(H2,10,17,18). The van der Waals surface area contributed by atoms with Gasteiger partial charge in [0.25, 0.3) is 10.2 Å². The average molecular weight is 324 g/mol. The number of anilines is 1. The largest absolute Gasteiger partial charge is 0.381 e. The van der Waals surface area contributed by atoms with Gasteiger partial charge in [0, 0.05) is 39.4 Å². The van der Waals surface area contributed by atoms with E-state index in [1.54, 1.807) is 7.05 Å². The second-order valence-electron chi connectivity index (χ2n) is 4.40. The third kappa shape index (κ3) is 2.78. The number of rotatable bonds is 3. The quantitative estimate of drug-likeness (QED) is 0.629. The molecule has 1 aliphatic heterocycles. The van der Waals surface area contributed by atoms with Crippen molar-refractivity contribution in [1.82, 2.24) is 18.4 Å². The van der Waals surface area contributed by atoms with E-state index >= 15 is 0 Å². The highest BCUT2D eigenvalue weighted by Gasteiger charge is 2.33. The van der Waals surface area contributed by atoms with Gasteiger partial charge in [-0.25, -0.2) is 13.6 Å². The van der Waals surface area contributed by atoms with Crippen LogP contribution in [0.5, 0.6) is 0 Å². The number of sulfonamides is 1. The molecule has 2 rings (SSSR count). The Morgan fingerprint density at radius 1 is 1.10 bits per heavy atom. The second-order valence-corrected chi connectivity index (χ2v) is 7.85. The van der Waals surface area contributed by atoms with Gasteiger partial charge < -0.3 is 5.73 Å². The Morgan fingerprint density at radius 2 is 1.60 bits per heavy atom. The van der Waals surface area contributed by atoms with Crippen LogP contribution in [0.1, 0.15) is 0 Å². The normalized spacial score (nSPS) is 19.3. The molecule has 0 amide bonds. The summed E-state index contributed by atoms with van der Waals surface area (Å²) >= 11 is 0. The molecule has 10 nitrogen and oxygen atoms in total. The summed E-state index contributed by atoms with van der Waals surface area (Å²) in [4.78, 5) is -0.0796. The molecule has 0 spiro atoms. The first-order chi connectivity index (χ1) is 9.12. The van der Waals surface area contributed by atoms with Crippen LogP contribution in [0, 0.1) is 0 Å². The summed E-state index contributed by atoms with van der Waals surface area (Å²) in [6.45, 7) is 0.0661. The molecule has 0 atom stereocenters. The van der Waals surface area contributed by atoms with Crippen molar-refractivity contribution >= 4 is 26.1 Å². The molecule has 0 saturated carbocycles. The Bertz CT molecular complexity index is 701. The molecule has 1 fully saturated rings. The van der Waals surface area contributed by atoms with Gasteiger partial charge >= 0.3 is 0 Å². The van der Waals surface area contributed by atoms with Crippen LogP contribution in [0.3, 0.4) is 0 Å². The van der Waals surface area contributed by atoms with Crippen LogP contribution in [-0.4, -0.2) is 61.4 Å². The molecule has 114 valence electrons. The first-order valence-corrected chi connectivity index (χ1v) is 8.64. The molecule has 20 heavy (non-hydrogen) atoms. The van der Waals surface area contributed by atoms with Gasteiger partial charge in [0.2, 0.25) is 10.0 Å². The maximum Gasteiger partial charge on any atom is 0.276 e. The number of hydrogen-bond acceptors (Lipinski definition) is 6. The Morgan fingerprint density at radius 3 is 2.00 bits per heavy atom. The van der Waals surface area contributed by atoms with Crippen molar-refractivity contribution in [1.29, 1.82) is 0 Å². The van der Waals surface area contributed by atoms with Crippen molar-refractivity contribution in [3.63, 3.8) is 0 Å². The summed E-state index contributed by atoms with van der Waals surface area (Å²) < 4.78 is 50.6. The summed E-state index contributed by atoms with van der Waals surface area (Å²) in [5, 5.41) is 8.79. The topological polar surface area (TPSA) is 145 Å². The van der Waals surface area contributed by atoms with E-state index in [0.717, 1.165) is 4.31 Å². The van der Waals surface area contributed by atoms with Crippen molar-refractivity contribution in [2.75, 3.05) is 31.9 Å². The first kappa shape index (κ1) is 15.2. The number of piperazine rings is 1. The Hall–Kier alpha value is -1.21. The van der Waals surface area contributed by atoms with Crippen LogP contribution in [0.25, 0.3) is 0 Å². The molecule has 1 aromatic rings. The number of nitrogen functional groups attached to an aromatic ring is 1. The third-order valence-corrected chi connectivity index (χ3v) is 6.00.